The van der Waals surface area contributed by atoms with Crippen LogP contribution in [0.1, 0.15) is 36.8 Å². The van der Waals surface area contributed by atoms with Crippen molar-refractivity contribution in [2.45, 2.75) is 26.3 Å². The van der Waals surface area contributed by atoms with E-state index in [9.17, 15) is 4.79 Å². The lowest BCUT2D eigenvalue weighted by Crippen LogP contribution is -2.18. The summed E-state index contributed by atoms with van der Waals surface area (Å²) in [7, 11) is 0. The Hall–Kier alpha value is -2.96. The third-order valence-corrected chi connectivity index (χ3v) is 3.63. The van der Waals surface area contributed by atoms with Crippen molar-refractivity contribution in [3.63, 3.8) is 0 Å². The average molecular weight is 310 g/mol. The van der Waals surface area contributed by atoms with Gasteiger partial charge in [-0.15, -0.1) is 5.10 Å². The van der Waals surface area contributed by atoms with Crippen LogP contribution in [0.3, 0.4) is 0 Å². The van der Waals surface area contributed by atoms with Crippen molar-refractivity contribution in [3.05, 3.63) is 54.5 Å². The van der Waals surface area contributed by atoms with E-state index in [4.69, 9.17) is 0 Å². The fraction of sp³-hybridized carbons (Fsp3) is 0.250. The van der Waals surface area contributed by atoms with E-state index in [1.165, 1.54) is 11.0 Å². The van der Waals surface area contributed by atoms with E-state index in [0.29, 0.717) is 5.82 Å². The maximum Gasteiger partial charge on any atom is 0.279 e. The molecule has 1 N–H and O–H groups in total. The molecule has 2 heterocycles. The summed E-state index contributed by atoms with van der Waals surface area (Å²) < 4.78 is 1.79. The van der Waals surface area contributed by atoms with Gasteiger partial charge in [0.2, 0.25) is 0 Å². The number of aromatic nitrogens is 5. The Kier molecular flexibility index (Phi) is 4.18. The molecule has 0 saturated heterocycles. The van der Waals surface area contributed by atoms with Gasteiger partial charge in [-0.1, -0.05) is 25.1 Å². The summed E-state index contributed by atoms with van der Waals surface area (Å²) >= 11 is 0. The van der Waals surface area contributed by atoms with Crippen LogP contribution in [0.2, 0.25) is 0 Å². The zero-order chi connectivity index (χ0) is 16.2. The first-order chi connectivity index (χ1) is 11.2. The lowest BCUT2D eigenvalue weighted by molar-refractivity contribution is 0.102. The molecule has 1 atom stereocenters. The Labute approximate surface area is 133 Å². The Morgan fingerprint density at radius 3 is 2.74 bits per heavy atom. The topological polar surface area (TPSA) is 77.6 Å². The zero-order valence-electron chi connectivity index (χ0n) is 13.0. The monoisotopic (exact) mass is 310 g/mol. The van der Waals surface area contributed by atoms with Gasteiger partial charge in [0.15, 0.2) is 5.69 Å². The Morgan fingerprint density at radius 1 is 1.22 bits per heavy atom. The van der Waals surface area contributed by atoms with Gasteiger partial charge in [-0.25, -0.2) is 4.68 Å². The molecule has 1 aromatic carbocycles. The van der Waals surface area contributed by atoms with E-state index in [1.807, 2.05) is 37.3 Å². The quantitative estimate of drug-likeness (QED) is 0.786. The highest BCUT2D eigenvalue weighted by Gasteiger charge is 2.15. The van der Waals surface area contributed by atoms with Crippen molar-refractivity contribution >= 4 is 11.7 Å². The number of carbonyl (C=O) groups excluding carboxylic acids is 1. The Balaban J connectivity index is 1.77. The highest BCUT2D eigenvalue weighted by atomic mass is 16.2. The number of rotatable bonds is 5. The molecule has 0 aliphatic rings. The SMILES string of the molecule is CCC(C)n1nccc1NC(=O)c1cnn(-c2ccccc2)n1. The molecule has 2 aromatic heterocycles. The summed E-state index contributed by atoms with van der Waals surface area (Å²) in [4.78, 5) is 13.8. The van der Waals surface area contributed by atoms with Gasteiger partial charge in [0.1, 0.15) is 5.82 Å². The molecule has 0 saturated carbocycles. The number of anilines is 1. The minimum atomic E-state index is -0.308. The van der Waals surface area contributed by atoms with E-state index in [1.54, 1.807) is 16.9 Å². The second kappa shape index (κ2) is 6.43. The summed E-state index contributed by atoms with van der Waals surface area (Å²) in [6, 6.07) is 11.4. The summed E-state index contributed by atoms with van der Waals surface area (Å²) in [6.07, 6.45) is 4.05. The van der Waals surface area contributed by atoms with Crippen molar-refractivity contribution in [3.8, 4) is 5.69 Å². The van der Waals surface area contributed by atoms with Crippen LogP contribution in [0.15, 0.2) is 48.8 Å². The van der Waals surface area contributed by atoms with Crippen molar-refractivity contribution in [2.24, 2.45) is 0 Å². The van der Waals surface area contributed by atoms with Gasteiger partial charge in [0, 0.05) is 6.07 Å². The summed E-state index contributed by atoms with van der Waals surface area (Å²) in [5.41, 5.74) is 1.06. The molecule has 1 unspecified atom stereocenters. The van der Waals surface area contributed by atoms with Gasteiger partial charge >= 0.3 is 0 Å². The van der Waals surface area contributed by atoms with E-state index in [2.05, 4.69) is 27.5 Å². The van der Waals surface area contributed by atoms with Gasteiger partial charge < -0.3 is 5.32 Å². The average Bonchev–Trinajstić information content (AvgIpc) is 3.24. The second-order valence-corrected chi connectivity index (χ2v) is 5.23. The molecule has 7 heteroatoms. The maximum atomic E-state index is 12.4. The molecule has 3 aromatic rings. The van der Waals surface area contributed by atoms with Crippen molar-refractivity contribution in [2.75, 3.05) is 5.32 Å². The standard InChI is InChI=1S/C16H18N6O/c1-3-12(2)21-15(9-10-17-21)19-16(23)14-11-18-22(20-14)13-7-5-4-6-8-13/h4-12H,3H2,1-2H3,(H,19,23). The van der Waals surface area contributed by atoms with Crippen molar-refractivity contribution in [1.29, 1.82) is 0 Å². The summed E-state index contributed by atoms with van der Waals surface area (Å²) in [6.45, 7) is 4.12. The first kappa shape index (κ1) is 15.0. The highest BCUT2D eigenvalue weighted by molar-refractivity contribution is 6.02. The minimum Gasteiger partial charge on any atom is -0.305 e. The predicted molar refractivity (Wildman–Crippen MR) is 86.5 cm³/mol. The molecule has 0 aliphatic carbocycles. The smallest absolute Gasteiger partial charge is 0.279 e. The van der Waals surface area contributed by atoms with Crippen LogP contribution in [-0.2, 0) is 0 Å². The van der Waals surface area contributed by atoms with Crippen LogP contribution in [-0.4, -0.2) is 30.7 Å². The van der Waals surface area contributed by atoms with E-state index < -0.39 is 0 Å². The number of nitrogens with one attached hydrogen (secondary N) is 1. The molecular formula is C16H18N6O. The molecule has 23 heavy (non-hydrogen) atoms. The van der Waals surface area contributed by atoms with Crippen LogP contribution in [0.25, 0.3) is 5.69 Å². The van der Waals surface area contributed by atoms with Crippen LogP contribution in [0, 0.1) is 0 Å². The van der Waals surface area contributed by atoms with Crippen LogP contribution in [0.5, 0.6) is 0 Å². The normalized spacial score (nSPS) is 12.1. The van der Waals surface area contributed by atoms with Crippen LogP contribution >= 0.6 is 0 Å². The van der Waals surface area contributed by atoms with Crippen LogP contribution in [0.4, 0.5) is 5.82 Å². The molecule has 0 spiro atoms. The number of hydrogen-bond donors (Lipinski definition) is 1. The molecule has 118 valence electrons. The second-order valence-electron chi connectivity index (χ2n) is 5.23. The van der Waals surface area contributed by atoms with Crippen molar-refractivity contribution in [1.82, 2.24) is 24.8 Å². The predicted octanol–water partition coefficient (Wildman–Crippen LogP) is 2.69. The van der Waals surface area contributed by atoms with Gasteiger partial charge in [-0.3, -0.25) is 4.79 Å². The third-order valence-electron chi connectivity index (χ3n) is 3.63. The summed E-state index contributed by atoms with van der Waals surface area (Å²) in [5, 5.41) is 15.4. The molecule has 0 radical (unpaired) electrons. The lowest BCUT2D eigenvalue weighted by Gasteiger charge is -2.13. The number of para-hydroxylation sites is 1. The molecule has 3 rings (SSSR count). The maximum absolute atomic E-state index is 12.4. The molecular weight excluding hydrogens is 292 g/mol. The fourth-order valence-electron chi connectivity index (χ4n) is 2.17. The largest absolute Gasteiger partial charge is 0.305 e. The lowest BCUT2D eigenvalue weighted by atomic mass is 10.3. The molecule has 0 fully saturated rings. The third kappa shape index (κ3) is 3.13. The van der Waals surface area contributed by atoms with Gasteiger partial charge in [-0.2, -0.15) is 15.0 Å². The van der Waals surface area contributed by atoms with Crippen molar-refractivity contribution < 1.29 is 4.79 Å². The Morgan fingerprint density at radius 2 is 2.00 bits per heavy atom. The minimum absolute atomic E-state index is 0.209. The number of carbonyl (C=O) groups is 1. The molecule has 1 amide bonds. The first-order valence-electron chi connectivity index (χ1n) is 7.51. The highest BCUT2D eigenvalue weighted by Crippen LogP contribution is 2.17. The molecule has 7 nitrogen and oxygen atoms in total. The zero-order valence-corrected chi connectivity index (χ0v) is 13.0. The number of amides is 1. The van der Waals surface area contributed by atoms with E-state index in [-0.39, 0.29) is 17.6 Å². The van der Waals surface area contributed by atoms with Gasteiger partial charge in [0.05, 0.1) is 24.1 Å². The van der Waals surface area contributed by atoms with E-state index >= 15 is 0 Å². The Bertz CT molecular complexity index is 792. The summed E-state index contributed by atoms with van der Waals surface area (Å²) in [5.74, 6) is 0.343. The van der Waals surface area contributed by atoms with Gasteiger partial charge in [0.25, 0.3) is 5.91 Å². The molecule has 0 bridgehead atoms. The molecule has 0 aliphatic heterocycles. The van der Waals surface area contributed by atoms with E-state index in [0.717, 1.165) is 12.1 Å². The van der Waals surface area contributed by atoms with Crippen LogP contribution < -0.4 is 5.32 Å². The number of nitrogens with zero attached hydrogens (tertiary/aromatic N) is 5. The first-order valence-corrected chi connectivity index (χ1v) is 7.51. The number of hydrogen-bond acceptors (Lipinski definition) is 4. The van der Waals surface area contributed by atoms with Gasteiger partial charge in [-0.05, 0) is 25.5 Å². The fourth-order valence-corrected chi connectivity index (χ4v) is 2.17. The number of benzene rings is 1.